The maximum absolute atomic E-state index is 11.0. The molecule has 2 aromatic heterocycles. The smallest absolute Gasteiger partial charge is 0.341 e. The minimum Gasteiger partial charge on any atom is -0.477 e. The number of nitrogens with zero attached hydrogens (tertiary/aromatic N) is 3. The average molecular weight is 219 g/mol. The molecule has 0 bridgehead atoms. The molecule has 0 spiro atoms. The molecule has 0 saturated heterocycles. The Morgan fingerprint density at radius 1 is 1.25 bits per heavy atom. The minimum absolute atomic E-state index is 0.0311. The highest BCUT2D eigenvalue weighted by Gasteiger charge is 2.23. The predicted octanol–water partition coefficient (Wildman–Crippen LogP) is 1.45. The monoisotopic (exact) mass is 219 g/mol. The van der Waals surface area contributed by atoms with Crippen LogP contribution in [-0.2, 0) is 0 Å². The van der Waals surface area contributed by atoms with Crippen LogP contribution in [0.25, 0.3) is 11.4 Å². The summed E-state index contributed by atoms with van der Waals surface area (Å²) >= 11 is 0. The standard InChI is InChI=1S/C10H9N3O3/c1-5-8(12-4-3-11-5)9-7(10(14)15)6(2)16-13-9/h3-4H,1-2H3,(H,14,15). The van der Waals surface area contributed by atoms with Gasteiger partial charge in [-0.3, -0.25) is 9.97 Å². The van der Waals surface area contributed by atoms with E-state index in [1.54, 1.807) is 13.8 Å². The normalized spacial score (nSPS) is 10.4. The van der Waals surface area contributed by atoms with Crippen molar-refractivity contribution in [3.05, 3.63) is 29.4 Å². The van der Waals surface area contributed by atoms with Gasteiger partial charge in [0.05, 0.1) is 5.69 Å². The molecule has 0 atom stereocenters. The van der Waals surface area contributed by atoms with E-state index in [1.807, 2.05) is 0 Å². The molecule has 6 nitrogen and oxygen atoms in total. The van der Waals surface area contributed by atoms with Crippen LogP contribution in [-0.4, -0.2) is 26.2 Å². The largest absolute Gasteiger partial charge is 0.477 e. The number of rotatable bonds is 2. The first-order valence-corrected chi connectivity index (χ1v) is 4.58. The molecule has 2 heterocycles. The van der Waals surface area contributed by atoms with Crippen molar-refractivity contribution in [1.29, 1.82) is 0 Å². The molecule has 16 heavy (non-hydrogen) atoms. The van der Waals surface area contributed by atoms with Crippen LogP contribution in [0.4, 0.5) is 0 Å². The topological polar surface area (TPSA) is 89.1 Å². The highest BCUT2D eigenvalue weighted by Crippen LogP contribution is 2.24. The van der Waals surface area contributed by atoms with Gasteiger partial charge in [-0.15, -0.1) is 0 Å². The van der Waals surface area contributed by atoms with Crippen LogP contribution in [0.5, 0.6) is 0 Å². The summed E-state index contributed by atoms with van der Waals surface area (Å²) < 4.78 is 4.87. The maximum atomic E-state index is 11.0. The average Bonchev–Trinajstić information content (AvgIpc) is 2.61. The molecule has 0 aliphatic carbocycles. The van der Waals surface area contributed by atoms with Crippen molar-refractivity contribution < 1.29 is 14.4 Å². The molecule has 6 heteroatoms. The van der Waals surface area contributed by atoms with Crippen LogP contribution < -0.4 is 0 Å². The molecule has 0 aliphatic rings. The van der Waals surface area contributed by atoms with Gasteiger partial charge in [-0.25, -0.2) is 4.79 Å². The Labute approximate surface area is 90.9 Å². The molecule has 0 amide bonds. The van der Waals surface area contributed by atoms with E-state index in [0.717, 1.165) is 0 Å². The molecule has 1 N–H and O–H groups in total. The number of hydrogen-bond donors (Lipinski definition) is 1. The van der Waals surface area contributed by atoms with Gasteiger partial charge in [-0.1, -0.05) is 5.16 Å². The Morgan fingerprint density at radius 3 is 2.56 bits per heavy atom. The molecule has 0 unspecified atom stereocenters. The number of aromatic nitrogens is 3. The Kier molecular flexibility index (Phi) is 2.40. The third-order valence-corrected chi connectivity index (χ3v) is 2.18. The van der Waals surface area contributed by atoms with E-state index in [9.17, 15) is 4.79 Å². The van der Waals surface area contributed by atoms with Gasteiger partial charge in [0.1, 0.15) is 22.7 Å². The predicted molar refractivity (Wildman–Crippen MR) is 54.0 cm³/mol. The van der Waals surface area contributed by atoms with E-state index in [4.69, 9.17) is 9.63 Å². The summed E-state index contributed by atoms with van der Waals surface area (Å²) in [5, 5.41) is 12.7. The highest BCUT2D eigenvalue weighted by atomic mass is 16.5. The van der Waals surface area contributed by atoms with Gasteiger partial charge in [-0.05, 0) is 13.8 Å². The molecule has 82 valence electrons. The number of aryl methyl sites for hydroxylation is 2. The van der Waals surface area contributed by atoms with E-state index in [2.05, 4.69) is 15.1 Å². The second-order valence-corrected chi connectivity index (χ2v) is 3.26. The number of carboxylic acids is 1. The van der Waals surface area contributed by atoms with Crippen molar-refractivity contribution in [2.45, 2.75) is 13.8 Å². The third-order valence-electron chi connectivity index (χ3n) is 2.18. The van der Waals surface area contributed by atoms with Crippen LogP contribution in [0, 0.1) is 13.8 Å². The molecular formula is C10H9N3O3. The summed E-state index contributed by atoms with van der Waals surface area (Å²) in [6.45, 7) is 3.28. The van der Waals surface area contributed by atoms with Gasteiger partial charge in [0.15, 0.2) is 0 Å². The van der Waals surface area contributed by atoms with Gasteiger partial charge >= 0.3 is 5.97 Å². The van der Waals surface area contributed by atoms with Crippen LogP contribution in [0.2, 0.25) is 0 Å². The first kappa shape index (κ1) is 10.3. The van der Waals surface area contributed by atoms with Gasteiger partial charge in [0.2, 0.25) is 0 Å². The maximum Gasteiger partial charge on any atom is 0.341 e. The summed E-state index contributed by atoms with van der Waals surface area (Å²) in [7, 11) is 0. The van der Waals surface area contributed by atoms with Gasteiger partial charge < -0.3 is 9.63 Å². The summed E-state index contributed by atoms with van der Waals surface area (Å²) in [6, 6.07) is 0. The fourth-order valence-electron chi connectivity index (χ4n) is 1.43. The molecule has 0 aromatic carbocycles. The first-order valence-electron chi connectivity index (χ1n) is 4.58. The van der Waals surface area contributed by atoms with Crippen molar-refractivity contribution in [3.63, 3.8) is 0 Å². The van der Waals surface area contributed by atoms with Crippen molar-refractivity contribution in [2.75, 3.05) is 0 Å². The zero-order chi connectivity index (χ0) is 11.7. The van der Waals surface area contributed by atoms with Crippen molar-refractivity contribution in [1.82, 2.24) is 15.1 Å². The molecule has 0 saturated carbocycles. The van der Waals surface area contributed by atoms with E-state index in [0.29, 0.717) is 11.4 Å². The zero-order valence-electron chi connectivity index (χ0n) is 8.76. The summed E-state index contributed by atoms with van der Waals surface area (Å²) in [6.07, 6.45) is 3.02. The lowest BCUT2D eigenvalue weighted by molar-refractivity contribution is 0.0695. The minimum atomic E-state index is -1.08. The molecule has 0 fully saturated rings. The van der Waals surface area contributed by atoms with Crippen molar-refractivity contribution in [3.8, 4) is 11.4 Å². The number of carbonyl (C=O) groups is 1. The Morgan fingerprint density at radius 2 is 1.94 bits per heavy atom. The van der Waals surface area contributed by atoms with Gasteiger partial charge in [0.25, 0.3) is 0 Å². The van der Waals surface area contributed by atoms with E-state index in [1.165, 1.54) is 12.4 Å². The SMILES string of the molecule is Cc1nccnc1-c1noc(C)c1C(=O)O. The second kappa shape index (κ2) is 3.73. The molecule has 0 aliphatic heterocycles. The number of aromatic carboxylic acids is 1. The lowest BCUT2D eigenvalue weighted by Crippen LogP contribution is -2.01. The Hall–Kier alpha value is -2.24. The Bertz CT molecular complexity index is 548. The van der Waals surface area contributed by atoms with E-state index in [-0.39, 0.29) is 17.0 Å². The van der Waals surface area contributed by atoms with Crippen LogP contribution in [0.1, 0.15) is 21.8 Å². The number of carboxylic acid groups (broad SMARTS) is 1. The van der Waals surface area contributed by atoms with Gasteiger partial charge in [-0.2, -0.15) is 0 Å². The van der Waals surface area contributed by atoms with Crippen molar-refractivity contribution >= 4 is 5.97 Å². The van der Waals surface area contributed by atoms with Crippen LogP contribution >= 0.6 is 0 Å². The molecule has 2 rings (SSSR count). The highest BCUT2D eigenvalue weighted by molar-refractivity contribution is 5.95. The quantitative estimate of drug-likeness (QED) is 0.822. The molecule has 2 aromatic rings. The fourth-order valence-corrected chi connectivity index (χ4v) is 1.43. The zero-order valence-corrected chi connectivity index (χ0v) is 8.76. The Balaban J connectivity index is 2.66. The summed E-state index contributed by atoms with van der Waals surface area (Å²) in [5.74, 6) is -0.827. The van der Waals surface area contributed by atoms with Crippen LogP contribution in [0.15, 0.2) is 16.9 Å². The van der Waals surface area contributed by atoms with E-state index >= 15 is 0 Å². The van der Waals surface area contributed by atoms with Crippen LogP contribution in [0.3, 0.4) is 0 Å². The molecular weight excluding hydrogens is 210 g/mol. The van der Waals surface area contributed by atoms with E-state index < -0.39 is 5.97 Å². The van der Waals surface area contributed by atoms with Gasteiger partial charge in [0, 0.05) is 12.4 Å². The summed E-state index contributed by atoms with van der Waals surface area (Å²) in [4.78, 5) is 19.1. The van der Waals surface area contributed by atoms with Crippen molar-refractivity contribution in [2.24, 2.45) is 0 Å². The lowest BCUT2D eigenvalue weighted by Gasteiger charge is -1.99. The first-order chi connectivity index (χ1) is 7.61. The lowest BCUT2D eigenvalue weighted by atomic mass is 10.1. The third kappa shape index (κ3) is 1.54. The molecule has 0 radical (unpaired) electrons. The number of hydrogen-bond acceptors (Lipinski definition) is 5. The summed E-state index contributed by atoms with van der Waals surface area (Å²) in [5.41, 5.74) is 1.29. The second-order valence-electron chi connectivity index (χ2n) is 3.26. The fraction of sp³-hybridized carbons (Fsp3) is 0.200.